The smallest absolute Gasteiger partial charge is 0.234 e. The third kappa shape index (κ3) is 3.07. The molecule has 2 rings (SSSR count). The van der Waals surface area contributed by atoms with Crippen LogP contribution in [-0.2, 0) is 11.2 Å². The third-order valence-corrected chi connectivity index (χ3v) is 2.55. The number of carbonyl (C=O) groups is 1. The van der Waals surface area contributed by atoms with E-state index in [-0.39, 0.29) is 5.91 Å². The van der Waals surface area contributed by atoms with Crippen molar-refractivity contribution in [2.75, 3.05) is 14.1 Å². The van der Waals surface area contributed by atoms with Gasteiger partial charge in [-0.15, -0.1) is 0 Å². The second-order valence-electron chi connectivity index (χ2n) is 4.46. The van der Waals surface area contributed by atoms with Crippen molar-refractivity contribution in [1.82, 2.24) is 15.4 Å². The number of fused-ring (bicyclic) bond motifs is 1. The van der Waals surface area contributed by atoms with Crippen molar-refractivity contribution in [3.63, 3.8) is 0 Å². The molecular formula is C13H17N3O2. The summed E-state index contributed by atoms with van der Waals surface area (Å²) in [5.74, 6) is 0.668. The van der Waals surface area contributed by atoms with E-state index in [0.29, 0.717) is 18.7 Å². The van der Waals surface area contributed by atoms with Crippen LogP contribution in [0.2, 0.25) is 0 Å². The molecule has 0 aliphatic carbocycles. The molecule has 5 nitrogen and oxygen atoms in total. The molecule has 1 N–H and O–H groups in total. The largest absolute Gasteiger partial charge is 0.441 e. The van der Waals surface area contributed by atoms with Crippen molar-refractivity contribution in [1.29, 1.82) is 0 Å². The molecular weight excluding hydrogens is 230 g/mol. The molecule has 0 aliphatic heterocycles. The number of oxazole rings is 1. The van der Waals surface area contributed by atoms with Gasteiger partial charge in [-0.1, -0.05) is 6.07 Å². The van der Waals surface area contributed by atoms with Crippen LogP contribution >= 0.6 is 0 Å². The van der Waals surface area contributed by atoms with Gasteiger partial charge in [0.15, 0.2) is 11.5 Å². The molecule has 0 spiro atoms. The Morgan fingerprint density at radius 1 is 1.44 bits per heavy atom. The van der Waals surface area contributed by atoms with E-state index in [1.807, 2.05) is 25.1 Å². The molecule has 0 bridgehead atoms. The summed E-state index contributed by atoms with van der Waals surface area (Å²) in [5.41, 5.74) is 5.42. The zero-order valence-corrected chi connectivity index (χ0v) is 10.9. The molecule has 96 valence electrons. The molecule has 0 saturated heterocycles. The first-order chi connectivity index (χ1) is 8.54. The summed E-state index contributed by atoms with van der Waals surface area (Å²) in [4.78, 5) is 15.7. The van der Waals surface area contributed by atoms with Crippen LogP contribution in [0, 0.1) is 6.92 Å². The maximum atomic E-state index is 11.5. The first kappa shape index (κ1) is 12.6. The molecule has 1 heterocycles. The molecule has 0 unspecified atom stereocenters. The first-order valence-electron chi connectivity index (χ1n) is 5.87. The van der Waals surface area contributed by atoms with Gasteiger partial charge in [0, 0.05) is 27.4 Å². The Hall–Kier alpha value is -1.88. The number of nitrogens with one attached hydrogen (secondary N) is 1. The van der Waals surface area contributed by atoms with E-state index in [9.17, 15) is 4.79 Å². The van der Waals surface area contributed by atoms with Crippen molar-refractivity contribution < 1.29 is 9.21 Å². The second kappa shape index (κ2) is 5.18. The summed E-state index contributed by atoms with van der Waals surface area (Å²) in [7, 11) is 3.59. The predicted octanol–water partition coefficient (Wildman–Crippen LogP) is 1.66. The number of carbonyl (C=O) groups excluding carboxylic acids is 1. The summed E-state index contributed by atoms with van der Waals surface area (Å²) in [6.07, 6.45) is 1.15. The standard InChI is InChI=1S/C13H17N3O2/c1-9-14-11-6-4-10(8-12(11)18-9)5-7-13(17)15-16(2)3/h4,6,8H,5,7H2,1-3H3,(H,15,17). The summed E-state index contributed by atoms with van der Waals surface area (Å²) >= 11 is 0. The van der Waals surface area contributed by atoms with Crippen molar-refractivity contribution in [3.8, 4) is 0 Å². The zero-order chi connectivity index (χ0) is 13.1. The average Bonchev–Trinajstić information content (AvgIpc) is 2.64. The minimum atomic E-state index is 0.00819. The highest BCUT2D eigenvalue weighted by Crippen LogP contribution is 2.17. The van der Waals surface area contributed by atoms with Gasteiger partial charge < -0.3 is 4.42 Å². The Labute approximate surface area is 106 Å². The lowest BCUT2D eigenvalue weighted by atomic mass is 10.1. The number of aromatic nitrogens is 1. The quantitative estimate of drug-likeness (QED) is 0.835. The maximum Gasteiger partial charge on any atom is 0.234 e. The fourth-order valence-electron chi connectivity index (χ4n) is 1.80. The Bertz CT molecular complexity index is 560. The molecule has 2 aromatic rings. The van der Waals surface area contributed by atoms with Gasteiger partial charge >= 0.3 is 0 Å². The summed E-state index contributed by atoms with van der Waals surface area (Å²) in [6, 6.07) is 5.84. The zero-order valence-electron chi connectivity index (χ0n) is 10.9. The van der Waals surface area contributed by atoms with Gasteiger partial charge in [-0.2, -0.15) is 0 Å². The van der Waals surface area contributed by atoms with Crippen molar-refractivity contribution in [3.05, 3.63) is 29.7 Å². The van der Waals surface area contributed by atoms with Gasteiger partial charge in [0.05, 0.1) is 0 Å². The van der Waals surface area contributed by atoms with Gasteiger partial charge in [0.2, 0.25) is 5.91 Å². The lowest BCUT2D eigenvalue weighted by Gasteiger charge is -2.11. The fourth-order valence-corrected chi connectivity index (χ4v) is 1.80. The Morgan fingerprint density at radius 3 is 2.94 bits per heavy atom. The van der Waals surface area contributed by atoms with Gasteiger partial charge in [-0.3, -0.25) is 10.2 Å². The number of benzene rings is 1. The summed E-state index contributed by atoms with van der Waals surface area (Å²) in [6.45, 7) is 1.82. The van der Waals surface area contributed by atoms with Crippen molar-refractivity contribution in [2.45, 2.75) is 19.8 Å². The first-order valence-corrected chi connectivity index (χ1v) is 5.87. The molecule has 1 aromatic heterocycles. The monoisotopic (exact) mass is 247 g/mol. The normalized spacial score (nSPS) is 11.1. The third-order valence-electron chi connectivity index (χ3n) is 2.55. The van der Waals surface area contributed by atoms with Crippen LogP contribution in [0.1, 0.15) is 17.9 Å². The van der Waals surface area contributed by atoms with Crippen LogP contribution in [0.3, 0.4) is 0 Å². The Kier molecular flexibility index (Phi) is 3.62. The van der Waals surface area contributed by atoms with Gasteiger partial charge in [0.25, 0.3) is 0 Å². The molecule has 1 aromatic carbocycles. The number of hydrogen-bond donors (Lipinski definition) is 1. The molecule has 0 fully saturated rings. The molecule has 0 saturated carbocycles. The highest BCUT2D eigenvalue weighted by molar-refractivity contribution is 5.76. The van der Waals surface area contributed by atoms with Gasteiger partial charge in [0.1, 0.15) is 5.52 Å². The summed E-state index contributed by atoms with van der Waals surface area (Å²) in [5, 5.41) is 1.64. The summed E-state index contributed by atoms with van der Waals surface area (Å²) < 4.78 is 5.46. The molecule has 1 amide bonds. The minimum absolute atomic E-state index is 0.00819. The lowest BCUT2D eigenvalue weighted by Crippen LogP contribution is -2.36. The Balaban J connectivity index is 2.01. The van der Waals surface area contributed by atoms with Crippen LogP contribution < -0.4 is 5.43 Å². The SMILES string of the molecule is Cc1nc2ccc(CCC(=O)NN(C)C)cc2o1. The number of hydrazine groups is 1. The predicted molar refractivity (Wildman–Crippen MR) is 68.9 cm³/mol. The number of aryl methyl sites for hydroxylation is 2. The minimum Gasteiger partial charge on any atom is -0.441 e. The Morgan fingerprint density at radius 2 is 2.22 bits per heavy atom. The molecule has 0 atom stereocenters. The number of rotatable bonds is 4. The van der Waals surface area contributed by atoms with E-state index in [1.165, 1.54) is 0 Å². The highest BCUT2D eigenvalue weighted by Gasteiger charge is 2.06. The van der Waals surface area contributed by atoms with E-state index in [2.05, 4.69) is 10.4 Å². The lowest BCUT2D eigenvalue weighted by molar-refractivity contribution is -0.124. The highest BCUT2D eigenvalue weighted by atomic mass is 16.3. The van der Waals surface area contributed by atoms with Gasteiger partial charge in [-0.25, -0.2) is 9.99 Å². The topological polar surface area (TPSA) is 58.4 Å². The van der Waals surface area contributed by atoms with Crippen LogP contribution in [0.5, 0.6) is 0 Å². The number of hydrogen-bond acceptors (Lipinski definition) is 4. The van der Waals surface area contributed by atoms with E-state index in [1.54, 1.807) is 19.1 Å². The molecule has 0 radical (unpaired) electrons. The van der Waals surface area contributed by atoms with Gasteiger partial charge in [-0.05, 0) is 24.1 Å². The van der Waals surface area contributed by atoms with E-state index in [0.717, 1.165) is 16.7 Å². The number of nitrogens with zero attached hydrogens (tertiary/aromatic N) is 2. The van der Waals surface area contributed by atoms with Crippen molar-refractivity contribution >= 4 is 17.0 Å². The van der Waals surface area contributed by atoms with Crippen molar-refractivity contribution in [2.24, 2.45) is 0 Å². The van der Waals surface area contributed by atoms with Crippen LogP contribution in [-0.4, -0.2) is 30.0 Å². The molecule has 18 heavy (non-hydrogen) atoms. The van der Waals surface area contributed by atoms with Crippen LogP contribution in [0.15, 0.2) is 22.6 Å². The second-order valence-corrected chi connectivity index (χ2v) is 4.46. The number of amides is 1. The fraction of sp³-hybridized carbons (Fsp3) is 0.385. The van der Waals surface area contributed by atoms with E-state index in [4.69, 9.17) is 4.42 Å². The molecule has 0 aliphatic rings. The van der Waals surface area contributed by atoms with Crippen LogP contribution in [0.25, 0.3) is 11.1 Å². The maximum absolute atomic E-state index is 11.5. The molecule has 5 heteroatoms. The van der Waals surface area contributed by atoms with E-state index < -0.39 is 0 Å². The van der Waals surface area contributed by atoms with Crippen LogP contribution in [0.4, 0.5) is 0 Å². The average molecular weight is 247 g/mol. The van der Waals surface area contributed by atoms with E-state index >= 15 is 0 Å².